The molecular formula is C17H14F3N. The van der Waals surface area contributed by atoms with E-state index in [-0.39, 0.29) is 5.92 Å². The molecular weight excluding hydrogens is 275 g/mol. The number of benzene rings is 2. The highest BCUT2D eigenvalue weighted by Gasteiger charge is 2.30. The predicted octanol–water partition coefficient (Wildman–Crippen LogP) is 5.34. The molecule has 0 aliphatic rings. The van der Waals surface area contributed by atoms with Crippen molar-refractivity contribution in [3.8, 4) is 0 Å². The molecule has 0 radical (unpaired) electrons. The average molecular weight is 289 g/mol. The van der Waals surface area contributed by atoms with Gasteiger partial charge in [0, 0.05) is 23.0 Å². The van der Waals surface area contributed by atoms with Gasteiger partial charge < -0.3 is 4.98 Å². The molecule has 0 aliphatic heterocycles. The van der Waals surface area contributed by atoms with Crippen molar-refractivity contribution in [2.24, 2.45) is 0 Å². The van der Waals surface area contributed by atoms with Crippen LogP contribution in [0.15, 0.2) is 54.7 Å². The molecule has 0 amide bonds. The van der Waals surface area contributed by atoms with Crippen LogP contribution in [-0.4, -0.2) is 4.98 Å². The van der Waals surface area contributed by atoms with E-state index in [0.29, 0.717) is 0 Å². The number of para-hydroxylation sites is 1. The van der Waals surface area contributed by atoms with Crippen molar-refractivity contribution in [3.05, 3.63) is 71.4 Å². The van der Waals surface area contributed by atoms with Gasteiger partial charge in [-0.3, -0.25) is 0 Å². The van der Waals surface area contributed by atoms with Crippen LogP contribution in [0.25, 0.3) is 10.9 Å². The van der Waals surface area contributed by atoms with Gasteiger partial charge in [-0.25, -0.2) is 0 Å². The minimum absolute atomic E-state index is 0.0310. The lowest BCUT2D eigenvalue weighted by molar-refractivity contribution is -0.137. The van der Waals surface area contributed by atoms with Gasteiger partial charge >= 0.3 is 6.18 Å². The minimum Gasteiger partial charge on any atom is -0.361 e. The molecule has 0 bridgehead atoms. The lowest BCUT2D eigenvalue weighted by atomic mass is 9.92. The lowest BCUT2D eigenvalue weighted by Gasteiger charge is -2.13. The molecule has 21 heavy (non-hydrogen) atoms. The van der Waals surface area contributed by atoms with E-state index in [1.165, 1.54) is 0 Å². The Bertz CT molecular complexity index is 754. The second kappa shape index (κ2) is 4.95. The highest BCUT2D eigenvalue weighted by atomic mass is 19.4. The molecule has 1 atom stereocenters. The van der Waals surface area contributed by atoms with E-state index in [0.717, 1.165) is 34.2 Å². The van der Waals surface area contributed by atoms with E-state index in [4.69, 9.17) is 0 Å². The zero-order valence-corrected chi connectivity index (χ0v) is 11.4. The Balaban J connectivity index is 1.97. The summed E-state index contributed by atoms with van der Waals surface area (Å²) in [5.74, 6) is 0.0310. The normalized spacial score (nSPS) is 13.5. The van der Waals surface area contributed by atoms with Crippen LogP contribution < -0.4 is 0 Å². The van der Waals surface area contributed by atoms with Crippen molar-refractivity contribution in [1.82, 2.24) is 4.98 Å². The Labute approximate surface area is 120 Å². The van der Waals surface area contributed by atoms with E-state index in [2.05, 4.69) is 4.98 Å². The summed E-state index contributed by atoms with van der Waals surface area (Å²) in [6.45, 7) is 2.00. The van der Waals surface area contributed by atoms with Crippen molar-refractivity contribution in [2.75, 3.05) is 0 Å². The SMILES string of the molecule is CC(c1ccc(C(F)(F)F)cc1)c1c[nH]c2ccccc12. The highest BCUT2D eigenvalue weighted by Crippen LogP contribution is 2.33. The molecule has 1 nitrogen and oxygen atoms in total. The van der Waals surface area contributed by atoms with Crippen LogP contribution in [0.3, 0.4) is 0 Å². The molecule has 0 saturated carbocycles. The van der Waals surface area contributed by atoms with Crippen LogP contribution in [0.2, 0.25) is 0 Å². The fourth-order valence-electron chi connectivity index (χ4n) is 2.59. The van der Waals surface area contributed by atoms with Gasteiger partial charge in [-0.1, -0.05) is 37.3 Å². The van der Waals surface area contributed by atoms with Gasteiger partial charge in [0.2, 0.25) is 0 Å². The van der Waals surface area contributed by atoms with Gasteiger partial charge in [-0.05, 0) is 29.3 Å². The minimum atomic E-state index is -4.29. The van der Waals surface area contributed by atoms with Crippen molar-refractivity contribution in [2.45, 2.75) is 19.0 Å². The molecule has 1 aromatic heterocycles. The lowest BCUT2D eigenvalue weighted by Crippen LogP contribution is -2.05. The number of nitrogens with one attached hydrogen (secondary N) is 1. The third-order valence-corrected chi connectivity index (χ3v) is 3.83. The van der Waals surface area contributed by atoms with Crippen LogP contribution in [0.5, 0.6) is 0 Å². The summed E-state index contributed by atoms with van der Waals surface area (Å²) >= 11 is 0. The maximum Gasteiger partial charge on any atom is 0.416 e. The molecule has 108 valence electrons. The summed E-state index contributed by atoms with van der Waals surface area (Å²) in [6, 6.07) is 13.3. The molecule has 1 unspecified atom stereocenters. The van der Waals surface area contributed by atoms with Gasteiger partial charge in [-0.15, -0.1) is 0 Å². The number of aromatic nitrogens is 1. The van der Waals surface area contributed by atoms with Gasteiger partial charge in [0.15, 0.2) is 0 Å². The number of halogens is 3. The second-order valence-corrected chi connectivity index (χ2v) is 5.13. The van der Waals surface area contributed by atoms with Crippen LogP contribution in [0.4, 0.5) is 13.2 Å². The maximum atomic E-state index is 12.6. The van der Waals surface area contributed by atoms with Gasteiger partial charge in [0.1, 0.15) is 0 Å². The predicted molar refractivity (Wildman–Crippen MR) is 77.3 cm³/mol. The van der Waals surface area contributed by atoms with E-state index in [1.807, 2.05) is 37.4 Å². The summed E-state index contributed by atoms with van der Waals surface area (Å²) in [6.07, 6.45) is -2.37. The van der Waals surface area contributed by atoms with E-state index < -0.39 is 11.7 Å². The van der Waals surface area contributed by atoms with Crippen LogP contribution in [-0.2, 0) is 6.18 Å². The standard InChI is InChI=1S/C17H14F3N/c1-11(12-6-8-13(9-7-12)17(18,19)20)15-10-21-16-5-3-2-4-14(15)16/h2-11,21H,1H3. The number of hydrogen-bond acceptors (Lipinski definition) is 0. The fraction of sp³-hybridized carbons (Fsp3) is 0.176. The van der Waals surface area contributed by atoms with E-state index in [1.54, 1.807) is 12.1 Å². The molecule has 1 heterocycles. The first-order valence-corrected chi connectivity index (χ1v) is 6.70. The molecule has 0 spiro atoms. The fourth-order valence-corrected chi connectivity index (χ4v) is 2.59. The second-order valence-electron chi connectivity index (χ2n) is 5.13. The van der Waals surface area contributed by atoms with Crippen molar-refractivity contribution >= 4 is 10.9 Å². The van der Waals surface area contributed by atoms with E-state index >= 15 is 0 Å². The van der Waals surface area contributed by atoms with Crippen LogP contribution >= 0.6 is 0 Å². The summed E-state index contributed by atoms with van der Waals surface area (Å²) in [5.41, 5.74) is 2.38. The zero-order chi connectivity index (χ0) is 15.0. The zero-order valence-electron chi connectivity index (χ0n) is 11.4. The maximum absolute atomic E-state index is 12.6. The average Bonchev–Trinajstić information content (AvgIpc) is 2.90. The van der Waals surface area contributed by atoms with Gasteiger partial charge in [0.05, 0.1) is 5.56 Å². The molecule has 4 heteroatoms. The number of alkyl halides is 3. The van der Waals surface area contributed by atoms with Gasteiger partial charge in [-0.2, -0.15) is 13.2 Å². The molecule has 2 aromatic carbocycles. The quantitative estimate of drug-likeness (QED) is 0.655. The third-order valence-electron chi connectivity index (χ3n) is 3.83. The number of hydrogen-bond donors (Lipinski definition) is 1. The first kappa shape index (κ1) is 13.7. The first-order valence-electron chi connectivity index (χ1n) is 6.70. The molecule has 3 rings (SSSR count). The molecule has 0 aliphatic carbocycles. The summed E-state index contributed by atoms with van der Waals surface area (Å²) in [7, 11) is 0. The molecule has 1 N–H and O–H groups in total. The van der Waals surface area contributed by atoms with E-state index in [9.17, 15) is 13.2 Å². The van der Waals surface area contributed by atoms with Crippen LogP contribution in [0, 0.1) is 0 Å². The Morgan fingerprint density at radius 3 is 2.29 bits per heavy atom. The summed E-state index contributed by atoms with van der Waals surface area (Å²) < 4.78 is 37.8. The topological polar surface area (TPSA) is 15.8 Å². The Kier molecular flexibility index (Phi) is 3.24. The van der Waals surface area contributed by atoms with Gasteiger partial charge in [0.25, 0.3) is 0 Å². The summed E-state index contributed by atoms with van der Waals surface area (Å²) in [4.78, 5) is 3.19. The number of H-pyrrole nitrogens is 1. The number of rotatable bonds is 2. The number of fused-ring (bicyclic) bond motifs is 1. The Morgan fingerprint density at radius 2 is 1.62 bits per heavy atom. The van der Waals surface area contributed by atoms with Crippen molar-refractivity contribution < 1.29 is 13.2 Å². The largest absolute Gasteiger partial charge is 0.416 e. The smallest absolute Gasteiger partial charge is 0.361 e. The van der Waals surface area contributed by atoms with Crippen LogP contribution in [0.1, 0.15) is 29.5 Å². The molecule has 0 fully saturated rings. The Hall–Kier alpha value is -2.23. The van der Waals surface area contributed by atoms with Crippen molar-refractivity contribution in [3.63, 3.8) is 0 Å². The Morgan fingerprint density at radius 1 is 0.952 bits per heavy atom. The van der Waals surface area contributed by atoms with Crippen molar-refractivity contribution in [1.29, 1.82) is 0 Å². The monoisotopic (exact) mass is 289 g/mol. The number of aromatic amines is 1. The summed E-state index contributed by atoms with van der Waals surface area (Å²) in [5, 5.41) is 1.10. The highest BCUT2D eigenvalue weighted by molar-refractivity contribution is 5.84. The molecule has 0 saturated heterocycles. The first-order chi connectivity index (χ1) is 9.97. The molecule has 3 aromatic rings. The third kappa shape index (κ3) is 2.53.